The molecule has 3 amide bonds. The summed E-state index contributed by atoms with van der Waals surface area (Å²) in [5, 5.41) is 11.9. The number of piperidine rings is 1. The van der Waals surface area contributed by atoms with Crippen molar-refractivity contribution >= 4 is 34.4 Å². The van der Waals surface area contributed by atoms with Crippen LogP contribution in [0.1, 0.15) is 56.0 Å². The first kappa shape index (κ1) is 31.9. The zero-order valence-corrected chi connectivity index (χ0v) is 27.8. The van der Waals surface area contributed by atoms with Crippen molar-refractivity contribution in [2.45, 2.75) is 58.8 Å². The Balaban J connectivity index is 1.07. The molecule has 1 saturated heterocycles. The number of rotatable bonds is 8. The number of urea groups is 1. The van der Waals surface area contributed by atoms with Gasteiger partial charge >= 0.3 is 6.03 Å². The van der Waals surface area contributed by atoms with Crippen molar-refractivity contribution in [2.75, 3.05) is 30.8 Å². The number of aryl methyl sites for hydroxylation is 1. The minimum atomic E-state index is -0.322. The maximum Gasteiger partial charge on any atom is 0.324 e. The van der Waals surface area contributed by atoms with Gasteiger partial charge in [0, 0.05) is 47.3 Å². The van der Waals surface area contributed by atoms with E-state index in [2.05, 4.69) is 37.5 Å². The van der Waals surface area contributed by atoms with Crippen molar-refractivity contribution in [3.05, 3.63) is 101 Å². The van der Waals surface area contributed by atoms with Crippen molar-refractivity contribution < 1.29 is 18.7 Å². The first-order valence-electron chi connectivity index (χ1n) is 16.2. The van der Waals surface area contributed by atoms with E-state index < -0.39 is 0 Å². The number of fused-ring (bicyclic) bond motifs is 1. The number of carbonyl (C=O) groups is 2. The minimum Gasteiger partial charge on any atom is -0.497 e. The molecule has 0 aliphatic carbocycles. The Morgan fingerprint density at radius 1 is 0.957 bits per heavy atom. The van der Waals surface area contributed by atoms with Gasteiger partial charge in [-0.2, -0.15) is 5.10 Å². The van der Waals surface area contributed by atoms with Crippen LogP contribution in [-0.2, 0) is 23.1 Å². The smallest absolute Gasteiger partial charge is 0.324 e. The van der Waals surface area contributed by atoms with Crippen LogP contribution >= 0.6 is 0 Å². The number of aromatic nitrogens is 2. The number of methoxy groups -OCH3 is 1. The third kappa shape index (κ3) is 7.35. The second kappa shape index (κ2) is 13.4. The summed E-state index contributed by atoms with van der Waals surface area (Å²) >= 11 is 0. The molecule has 2 aromatic heterocycles. The van der Waals surface area contributed by atoms with Crippen molar-refractivity contribution in [1.82, 2.24) is 14.7 Å². The van der Waals surface area contributed by atoms with Crippen LogP contribution in [0.25, 0.3) is 16.7 Å². The van der Waals surface area contributed by atoms with E-state index in [1.807, 2.05) is 78.6 Å². The lowest BCUT2D eigenvalue weighted by Crippen LogP contribution is -2.39. The van der Waals surface area contributed by atoms with Gasteiger partial charge in [0.05, 0.1) is 31.2 Å². The van der Waals surface area contributed by atoms with Gasteiger partial charge in [0.15, 0.2) is 0 Å². The highest BCUT2D eigenvalue weighted by molar-refractivity contribution is 6.00. The van der Waals surface area contributed by atoms with Gasteiger partial charge in [-0.25, -0.2) is 9.48 Å². The fourth-order valence-corrected chi connectivity index (χ4v) is 6.11. The third-order valence-corrected chi connectivity index (χ3v) is 8.94. The molecule has 3 heterocycles. The monoisotopic (exact) mass is 633 g/mol. The van der Waals surface area contributed by atoms with Gasteiger partial charge < -0.3 is 19.4 Å². The van der Waals surface area contributed by atoms with Crippen molar-refractivity contribution in [3.63, 3.8) is 0 Å². The predicted octanol–water partition coefficient (Wildman–Crippen LogP) is 7.90. The Hall–Kier alpha value is -5.05. The number of ether oxygens (including phenoxy) is 1. The molecule has 2 N–H and O–H groups in total. The Bertz CT molecular complexity index is 1870. The summed E-state index contributed by atoms with van der Waals surface area (Å²) in [6, 6.07) is 23.3. The summed E-state index contributed by atoms with van der Waals surface area (Å²) in [5.74, 6) is 1.85. The molecule has 0 unspecified atom stereocenters. The van der Waals surface area contributed by atoms with Gasteiger partial charge in [-0.05, 0) is 68.0 Å². The Morgan fingerprint density at radius 3 is 2.43 bits per heavy atom. The number of likely N-dealkylation sites (tertiary alicyclic amines) is 1. The topological polar surface area (TPSA) is 102 Å². The van der Waals surface area contributed by atoms with Crippen LogP contribution in [0, 0.1) is 12.8 Å². The van der Waals surface area contributed by atoms with Gasteiger partial charge in [0.25, 0.3) is 0 Å². The van der Waals surface area contributed by atoms with Crippen molar-refractivity contribution in [2.24, 2.45) is 5.92 Å². The van der Waals surface area contributed by atoms with Crippen LogP contribution in [0.15, 0.2) is 83.5 Å². The summed E-state index contributed by atoms with van der Waals surface area (Å²) in [7, 11) is 1.62. The molecule has 244 valence electrons. The van der Waals surface area contributed by atoms with Crippen LogP contribution in [0.4, 0.5) is 16.3 Å². The normalized spacial score (nSPS) is 13.9. The zero-order chi connectivity index (χ0) is 33.1. The molecule has 0 saturated carbocycles. The summed E-state index contributed by atoms with van der Waals surface area (Å²) in [4.78, 5) is 28.5. The predicted molar refractivity (Wildman–Crippen MR) is 186 cm³/mol. The lowest BCUT2D eigenvalue weighted by Gasteiger charge is -2.32. The number of para-hydroxylation sites is 1. The lowest BCUT2D eigenvalue weighted by atomic mass is 9.89. The number of anilines is 2. The van der Waals surface area contributed by atoms with E-state index >= 15 is 0 Å². The number of furan rings is 1. The fraction of sp³-hybridized carbons (Fsp3) is 0.342. The van der Waals surface area contributed by atoms with E-state index in [9.17, 15) is 9.59 Å². The highest BCUT2D eigenvalue weighted by Gasteiger charge is 2.25. The highest BCUT2D eigenvalue weighted by atomic mass is 16.5. The van der Waals surface area contributed by atoms with Crippen molar-refractivity contribution in [3.8, 4) is 11.4 Å². The quantitative estimate of drug-likeness (QED) is 0.181. The Labute approximate surface area is 275 Å². The van der Waals surface area contributed by atoms with Gasteiger partial charge in [0.2, 0.25) is 5.91 Å². The molecule has 5 aromatic rings. The first-order chi connectivity index (χ1) is 22.6. The summed E-state index contributed by atoms with van der Waals surface area (Å²) < 4.78 is 12.8. The molecule has 1 aliphatic rings. The largest absolute Gasteiger partial charge is 0.497 e. The molecule has 47 heavy (non-hydrogen) atoms. The number of nitrogens with zero attached hydrogens (tertiary/aromatic N) is 3. The Morgan fingerprint density at radius 2 is 1.70 bits per heavy atom. The van der Waals surface area contributed by atoms with Gasteiger partial charge in [-0.15, -0.1) is 0 Å². The zero-order valence-electron chi connectivity index (χ0n) is 27.8. The van der Waals surface area contributed by atoms with Crippen LogP contribution in [0.5, 0.6) is 5.75 Å². The summed E-state index contributed by atoms with van der Waals surface area (Å²) in [6.45, 7) is 9.78. The molecule has 0 radical (unpaired) electrons. The maximum absolute atomic E-state index is 13.4. The highest BCUT2D eigenvalue weighted by Crippen LogP contribution is 2.30. The first-order valence-corrected chi connectivity index (χ1v) is 16.2. The maximum atomic E-state index is 13.4. The van der Waals surface area contributed by atoms with Crippen LogP contribution in [0.2, 0.25) is 0 Å². The van der Waals surface area contributed by atoms with E-state index in [1.54, 1.807) is 18.1 Å². The van der Waals surface area contributed by atoms with E-state index in [0.717, 1.165) is 69.7 Å². The third-order valence-electron chi connectivity index (χ3n) is 8.94. The number of hydrogen-bond acceptors (Lipinski definition) is 5. The molecule has 1 fully saturated rings. The number of nitrogens with one attached hydrogen (secondary N) is 2. The number of carbonyl (C=O) groups excluding carboxylic acids is 2. The minimum absolute atomic E-state index is 0.111. The standard InChI is InChI=1S/C38H43N5O4/c1-25-10-12-29(13-11-25)43-35(23-34(41-43)38(2,3)4)40-37(45)39-32-9-7-6-8-27(32)20-26-16-18-42(19-17-26)36(44)21-28-24-47-33-22-30(46-5)14-15-31(28)33/h6-15,22-24,26H,16-21H2,1-5H3,(H2,39,40,45). The van der Waals surface area contributed by atoms with E-state index in [0.29, 0.717) is 31.2 Å². The van der Waals surface area contributed by atoms with E-state index in [-0.39, 0.29) is 17.4 Å². The fourth-order valence-electron chi connectivity index (χ4n) is 6.11. The molecule has 0 atom stereocenters. The average molecular weight is 634 g/mol. The SMILES string of the molecule is COc1ccc2c(CC(=O)N3CCC(Cc4ccccc4NC(=O)Nc4cc(C(C)(C)C)nn4-c4ccc(C)cc4)CC3)coc2c1. The van der Waals surface area contributed by atoms with Crippen LogP contribution in [0.3, 0.4) is 0 Å². The molecular formula is C38H43N5O4. The second-order valence-corrected chi connectivity index (χ2v) is 13.5. The molecule has 9 nitrogen and oxygen atoms in total. The second-order valence-electron chi connectivity index (χ2n) is 13.5. The molecule has 3 aromatic carbocycles. The molecule has 0 bridgehead atoms. The molecule has 6 rings (SSSR count). The number of hydrogen-bond donors (Lipinski definition) is 2. The average Bonchev–Trinajstić information content (AvgIpc) is 3.66. The van der Waals surface area contributed by atoms with E-state index in [1.165, 1.54) is 0 Å². The number of benzene rings is 3. The van der Waals surface area contributed by atoms with Gasteiger partial charge in [0.1, 0.15) is 17.2 Å². The van der Waals surface area contributed by atoms with E-state index in [4.69, 9.17) is 14.3 Å². The van der Waals surface area contributed by atoms with Crippen LogP contribution in [-0.4, -0.2) is 46.8 Å². The summed E-state index contributed by atoms with van der Waals surface area (Å²) in [5.41, 5.74) is 6.21. The molecular weight excluding hydrogens is 590 g/mol. The summed E-state index contributed by atoms with van der Waals surface area (Å²) in [6.07, 6.45) is 4.62. The molecule has 9 heteroatoms. The Kier molecular flexibility index (Phi) is 9.07. The molecule has 1 aliphatic heterocycles. The van der Waals surface area contributed by atoms with Gasteiger partial charge in [-0.1, -0.05) is 56.7 Å². The van der Waals surface area contributed by atoms with Crippen LogP contribution < -0.4 is 15.4 Å². The molecule has 0 spiro atoms. The number of amides is 3. The van der Waals surface area contributed by atoms with Crippen molar-refractivity contribution in [1.29, 1.82) is 0 Å². The van der Waals surface area contributed by atoms with Gasteiger partial charge in [-0.3, -0.25) is 10.1 Å². The lowest BCUT2D eigenvalue weighted by molar-refractivity contribution is -0.131.